The first-order chi connectivity index (χ1) is 10.8. The predicted molar refractivity (Wildman–Crippen MR) is 81.5 cm³/mol. The summed E-state index contributed by atoms with van der Waals surface area (Å²) in [5, 5.41) is 3.35. The number of amides is 1. The Morgan fingerprint density at radius 1 is 1.32 bits per heavy atom. The van der Waals surface area contributed by atoms with Crippen LogP contribution in [0.4, 0.5) is 0 Å². The number of methoxy groups -OCH3 is 1. The van der Waals surface area contributed by atoms with Gasteiger partial charge < -0.3 is 15.0 Å². The largest absolute Gasteiger partial charge is 0.467 e. The van der Waals surface area contributed by atoms with Crippen LogP contribution < -0.4 is 10.1 Å². The third-order valence-electron chi connectivity index (χ3n) is 4.25. The standard InChI is InChI=1S/C15H23N5O2/c1-22-15-17-8-12(9-18-15)10-19-7-4-16-13(11-19)14(21)20-5-2-3-6-20/h8-9,13,16H,2-7,10-11H2,1H3/t13-/m1/s1. The van der Waals surface area contributed by atoms with E-state index in [1.807, 2.05) is 4.90 Å². The lowest BCUT2D eigenvalue weighted by molar-refractivity contribution is -0.133. The minimum Gasteiger partial charge on any atom is -0.467 e. The molecule has 2 fully saturated rings. The highest BCUT2D eigenvalue weighted by Crippen LogP contribution is 2.13. The summed E-state index contributed by atoms with van der Waals surface area (Å²) in [6, 6.07) is 0.289. The lowest BCUT2D eigenvalue weighted by Gasteiger charge is -2.34. The Hall–Kier alpha value is -1.73. The van der Waals surface area contributed by atoms with Gasteiger partial charge in [-0.15, -0.1) is 0 Å². The Morgan fingerprint density at radius 3 is 2.73 bits per heavy atom. The first-order valence-electron chi connectivity index (χ1n) is 7.85. The van der Waals surface area contributed by atoms with Gasteiger partial charge in [-0.05, 0) is 12.8 Å². The van der Waals surface area contributed by atoms with Crippen molar-refractivity contribution in [1.29, 1.82) is 0 Å². The summed E-state index contributed by atoms with van der Waals surface area (Å²) in [5.74, 6) is 0.244. The maximum absolute atomic E-state index is 12.5. The molecule has 120 valence electrons. The fraction of sp³-hybridized carbons (Fsp3) is 0.667. The Labute approximate surface area is 130 Å². The summed E-state index contributed by atoms with van der Waals surface area (Å²) in [6.07, 6.45) is 5.83. The fourth-order valence-corrected chi connectivity index (χ4v) is 3.07. The summed E-state index contributed by atoms with van der Waals surface area (Å²) in [6.45, 7) is 5.07. The minimum absolute atomic E-state index is 0.0917. The Morgan fingerprint density at radius 2 is 2.05 bits per heavy atom. The molecule has 1 atom stereocenters. The smallest absolute Gasteiger partial charge is 0.316 e. The minimum atomic E-state index is -0.0917. The molecule has 1 aromatic rings. The highest BCUT2D eigenvalue weighted by atomic mass is 16.5. The van der Waals surface area contributed by atoms with Gasteiger partial charge >= 0.3 is 6.01 Å². The molecule has 0 radical (unpaired) electrons. The zero-order valence-corrected chi connectivity index (χ0v) is 13.0. The first kappa shape index (κ1) is 15.2. The van der Waals surface area contributed by atoms with E-state index in [9.17, 15) is 4.79 Å². The van der Waals surface area contributed by atoms with Crippen molar-refractivity contribution in [2.45, 2.75) is 25.4 Å². The number of carbonyl (C=O) groups excluding carboxylic acids is 1. The topological polar surface area (TPSA) is 70.6 Å². The van der Waals surface area contributed by atoms with Gasteiger partial charge in [-0.1, -0.05) is 0 Å². The van der Waals surface area contributed by atoms with Gasteiger partial charge in [-0.3, -0.25) is 9.69 Å². The van der Waals surface area contributed by atoms with Crippen LogP contribution in [0.2, 0.25) is 0 Å². The molecule has 2 aliphatic rings. The quantitative estimate of drug-likeness (QED) is 0.836. The van der Waals surface area contributed by atoms with Crippen molar-refractivity contribution in [3.63, 3.8) is 0 Å². The molecule has 0 saturated carbocycles. The van der Waals surface area contributed by atoms with Crippen LogP contribution in [-0.4, -0.2) is 71.6 Å². The summed E-state index contributed by atoms with van der Waals surface area (Å²) in [4.78, 5) is 25.0. The van der Waals surface area contributed by atoms with E-state index < -0.39 is 0 Å². The normalized spacial score (nSPS) is 22.8. The van der Waals surface area contributed by atoms with E-state index >= 15 is 0 Å². The average molecular weight is 305 g/mol. The number of rotatable bonds is 4. The van der Waals surface area contributed by atoms with Crippen LogP contribution >= 0.6 is 0 Å². The molecular formula is C15H23N5O2. The van der Waals surface area contributed by atoms with E-state index in [0.717, 1.165) is 57.7 Å². The van der Waals surface area contributed by atoms with Crippen LogP contribution in [0.25, 0.3) is 0 Å². The van der Waals surface area contributed by atoms with Gasteiger partial charge in [0.25, 0.3) is 0 Å². The Balaban J connectivity index is 1.56. The van der Waals surface area contributed by atoms with E-state index in [4.69, 9.17) is 4.74 Å². The molecule has 0 aliphatic carbocycles. The van der Waals surface area contributed by atoms with Gasteiger partial charge in [0.15, 0.2) is 0 Å². The van der Waals surface area contributed by atoms with Crippen LogP contribution in [0.1, 0.15) is 18.4 Å². The molecule has 1 aromatic heterocycles. The zero-order chi connectivity index (χ0) is 15.4. The SMILES string of the molecule is COc1ncc(CN2CCN[C@@H](C(=O)N3CCCC3)C2)cn1. The van der Waals surface area contributed by atoms with Gasteiger partial charge in [-0.2, -0.15) is 0 Å². The van der Waals surface area contributed by atoms with Crippen LogP contribution in [-0.2, 0) is 11.3 Å². The van der Waals surface area contributed by atoms with Gasteiger partial charge in [0.05, 0.1) is 13.2 Å². The second-order valence-corrected chi connectivity index (χ2v) is 5.85. The number of hydrogen-bond donors (Lipinski definition) is 1. The number of nitrogens with one attached hydrogen (secondary N) is 1. The zero-order valence-electron chi connectivity index (χ0n) is 13.0. The van der Waals surface area contributed by atoms with Gasteiger partial charge in [0.1, 0.15) is 0 Å². The van der Waals surface area contributed by atoms with E-state index in [2.05, 4.69) is 20.2 Å². The molecule has 1 amide bonds. The number of piperazine rings is 1. The second-order valence-electron chi connectivity index (χ2n) is 5.85. The highest BCUT2D eigenvalue weighted by Gasteiger charge is 2.30. The molecule has 3 rings (SSSR count). The second kappa shape index (κ2) is 7.02. The van der Waals surface area contributed by atoms with Crippen LogP contribution in [0, 0.1) is 0 Å². The summed E-state index contributed by atoms with van der Waals surface area (Å²) in [5.41, 5.74) is 1.04. The van der Waals surface area contributed by atoms with Crippen molar-refractivity contribution < 1.29 is 9.53 Å². The molecule has 0 aromatic carbocycles. The Kier molecular flexibility index (Phi) is 4.84. The molecule has 7 nitrogen and oxygen atoms in total. The molecule has 0 spiro atoms. The molecule has 2 saturated heterocycles. The van der Waals surface area contributed by atoms with Gasteiger partial charge in [0.2, 0.25) is 5.91 Å². The lowest BCUT2D eigenvalue weighted by Crippen LogP contribution is -2.57. The Bertz CT molecular complexity index is 501. The number of aromatic nitrogens is 2. The van der Waals surface area contributed by atoms with Crippen molar-refractivity contribution in [2.24, 2.45) is 0 Å². The van der Waals surface area contributed by atoms with Crippen LogP contribution in [0.3, 0.4) is 0 Å². The number of ether oxygens (including phenoxy) is 1. The third-order valence-corrected chi connectivity index (χ3v) is 4.25. The summed E-state index contributed by atoms with van der Waals surface area (Å²) < 4.78 is 4.97. The number of carbonyl (C=O) groups is 1. The van der Waals surface area contributed by atoms with E-state index in [1.54, 1.807) is 19.5 Å². The molecular weight excluding hydrogens is 282 g/mol. The molecule has 3 heterocycles. The molecule has 1 N–H and O–H groups in total. The van der Waals surface area contributed by atoms with E-state index in [0.29, 0.717) is 6.01 Å². The molecule has 22 heavy (non-hydrogen) atoms. The summed E-state index contributed by atoms with van der Waals surface area (Å²) >= 11 is 0. The predicted octanol–water partition coefficient (Wildman–Crippen LogP) is -0.119. The van der Waals surface area contributed by atoms with Gasteiger partial charge in [0, 0.05) is 57.2 Å². The van der Waals surface area contributed by atoms with Crippen LogP contribution in [0.15, 0.2) is 12.4 Å². The van der Waals surface area contributed by atoms with Crippen molar-refractivity contribution in [3.05, 3.63) is 18.0 Å². The fourth-order valence-electron chi connectivity index (χ4n) is 3.07. The molecule has 0 bridgehead atoms. The monoisotopic (exact) mass is 305 g/mol. The van der Waals surface area contributed by atoms with Crippen molar-refractivity contribution in [2.75, 3.05) is 39.8 Å². The molecule has 2 aliphatic heterocycles. The highest BCUT2D eigenvalue weighted by molar-refractivity contribution is 5.82. The summed E-state index contributed by atoms with van der Waals surface area (Å²) in [7, 11) is 1.56. The van der Waals surface area contributed by atoms with Crippen molar-refractivity contribution >= 4 is 5.91 Å². The van der Waals surface area contributed by atoms with E-state index in [-0.39, 0.29) is 11.9 Å². The first-order valence-corrected chi connectivity index (χ1v) is 7.85. The molecule has 0 unspecified atom stereocenters. The number of likely N-dealkylation sites (tertiary alicyclic amines) is 1. The maximum atomic E-state index is 12.5. The number of nitrogens with zero attached hydrogens (tertiary/aromatic N) is 4. The van der Waals surface area contributed by atoms with E-state index in [1.165, 1.54) is 0 Å². The molecule has 7 heteroatoms. The van der Waals surface area contributed by atoms with Gasteiger partial charge in [-0.25, -0.2) is 9.97 Å². The average Bonchev–Trinajstić information content (AvgIpc) is 3.09. The van der Waals surface area contributed by atoms with Crippen molar-refractivity contribution in [3.8, 4) is 6.01 Å². The van der Waals surface area contributed by atoms with Crippen molar-refractivity contribution in [1.82, 2.24) is 25.1 Å². The maximum Gasteiger partial charge on any atom is 0.316 e. The third kappa shape index (κ3) is 3.53. The number of hydrogen-bond acceptors (Lipinski definition) is 6. The lowest BCUT2D eigenvalue weighted by atomic mass is 10.1. The van der Waals surface area contributed by atoms with Crippen LogP contribution in [0.5, 0.6) is 6.01 Å².